The monoisotopic (exact) mass is 451 g/mol. The number of carbonyl (C=O) groups excluding carboxylic acids is 1. The number of hydrogen-bond acceptors (Lipinski definition) is 7. The van der Waals surface area contributed by atoms with Gasteiger partial charge in [0.2, 0.25) is 0 Å². The molecule has 11 heteroatoms. The molecule has 1 aromatic carbocycles. The molecule has 2 aromatic rings. The molecular weight excluding hydrogens is 430 g/mol. The standard InChI is InChI=1S/C19H21N3O6S2/c1-4-12-29(24,25)28-18-14-9-5-6-10-15(14)30(26,27)22(3)17(18)19(23)21-16-11-7-8-13(2)20-16/h5-11H,4,12H2,1-3H3,(H,20,21,23). The lowest BCUT2D eigenvalue weighted by atomic mass is 10.1. The molecule has 1 amide bonds. The van der Waals surface area contributed by atoms with E-state index in [0.717, 1.165) is 4.31 Å². The predicted octanol–water partition coefficient (Wildman–Crippen LogP) is 2.09. The molecule has 0 aliphatic carbocycles. The Kier molecular flexibility index (Phi) is 5.86. The smallest absolute Gasteiger partial charge is 0.309 e. The number of amides is 1. The summed E-state index contributed by atoms with van der Waals surface area (Å²) in [5, 5.41) is 2.51. The van der Waals surface area contributed by atoms with Crippen LogP contribution >= 0.6 is 0 Å². The van der Waals surface area contributed by atoms with E-state index in [2.05, 4.69) is 10.3 Å². The van der Waals surface area contributed by atoms with Gasteiger partial charge in [-0.15, -0.1) is 0 Å². The fourth-order valence-corrected chi connectivity index (χ4v) is 5.35. The van der Waals surface area contributed by atoms with Gasteiger partial charge >= 0.3 is 10.1 Å². The second-order valence-electron chi connectivity index (χ2n) is 6.61. The summed E-state index contributed by atoms with van der Waals surface area (Å²) in [4.78, 5) is 17.1. The van der Waals surface area contributed by atoms with Crippen molar-refractivity contribution >= 4 is 37.6 Å². The number of sulfonamides is 1. The molecule has 0 radical (unpaired) electrons. The van der Waals surface area contributed by atoms with E-state index in [4.69, 9.17) is 4.18 Å². The quantitative estimate of drug-likeness (QED) is 0.667. The number of aromatic nitrogens is 1. The molecule has 0 bridgehead atoms. The van der Waals surface area contributed by atoms with Crippen LogP contribution in [0.15, 0.2) is 53.1 Å². The SMILES string of the molecule is CCCS(=O)(=O)OC1=C(C(=O)Nc2cccc(C)n2)N(C)S(=O)(=O)c2ccccc21. The first kappa shape index (κ1) is 21.8. The summed E-state index contributed by atoms with van der Waals surface area (Å²) in [6, 6.07) is 10.7. The molecule has 1 aliphatic rings. The molecule has 160 valence electrons. The first-order valence-corrected chi connectivity index (χ1v) is 12.1. The van der Waals surface area contributed by atoms with E-state index >= 15 is 0 Å². The number of likely N-dealkylation sites (N-methyl/N-ethyl adjacent to an activating group) is 1. The van der Waals surface area contributed by atoms with Crippen LogP contribution in [0.25, 0.3) is 5.76 Å². The maximum atomic E-state index is 13.1. The number of nitrogens with one attached hydrogen (secondary N) is 1. The molecule has 0 saturated carbocycles. The van der Waals surface area contributed by atoms with Crippen molar-refractivity contribution in [3.8, 4) is 0 Å². The molecular formula is C19H21N3O6S2. The summed E-state index contributed by atoms with van der Waals surface area (Å²) >= 11 is 0. The maximum Gasteiger partial charge on any atom is 0.309 e. The molecule has 0 atom stereocenters. The molecule has 2 heterocycles. The van der Waals surface area contributed by atoms with Crippen molar-refractivity contribution in [1.82, 2.24) is 9.29 Å². The van der Waals surface area contributed by atoms with Crippen LogP contribution < -0.4 is 5.32 Å². The molecule has 0 unspecified atom stereocenters. The first-order chi connectivity index (χ1) is 14.1. The van der Waals surface area contributed by atoms with Crippen molar-refractivity contribution in [1.29, 1.82) is 0 Å². The number of anilines is 1. The topological polar surface area (TPSA) is 123 Å². The van der Waals surface area contributed by atoms with Gasteiger partial charge in [-0.05, 0) is 37.6 Å². The highest BCUT2D eigenvalue weighted by atomic mass is 32.2. The van der Waals surface area contributed by atoms with E-state index in [1.807, 2.05) is 0 Å². The molecule has 1 N–H and O–H groups in total. The van der Waals surface area contributed by atoms with Crippen LogP contribution in [0.3, 0.4) is 0 Å². The van der Waals surface area contributed by atoms with Crippen molar-refractivity contribution in [2.45, 2.75) is 25.2 Å². The Labute approximate surface area is 175 Å². The highest BCUT2D eigenvalue weighted by Gasteiger charge is 2.40. The highest BCUT2D eigenvalue weighted by Crippen LogP contribution is 2.37. The minimum Gasteiger partial charge on any atom is -0.379 e. The van der Waals surface area contributed by atoms with Gasteiger partial charge in [0.1, 0.15) is 5.82 Å². The van der Waals surface area contributed by atoms with Crippen LogP contribution in [-0.2, 0) is 29.1 Å². The van der Waals surface area contributed by atoms with Gasteiger partial charge < -0.3 is 9.50 Å². The average molecular weight is 452 g/mol. The van der Waals surface area contributed by atoms with E-state index in [1.54, 1.807) is 26.0 Å². The number of benzene rings is 1. The normalized spacial score (nSPS) is 15.5. The van der Waals surface area contributed by atoms with Gasteiger partial charge in [-0.2, -0.15) is 8.42 Å². The zero-order valence-corrected chi connectivity index (χ0v) is 18.2. The Balaban J connectivity index is 2.19. The third kappa shape index (κ3) is 4.17. The van der Waals surface area contributed by atoms with Gasteiger partial charge in [-0.1, -0.05) is 25.1 Å². The summed E-state index contributed by atoms with van der Waals surface area (Å²) in [5.41, 5.74) is 0.188. The van der Waals surface area contributed by atoms with E-state index in [1.165, 1.54) is 37.4 Å². The summed E-state index contributed by atoms with van der Waals surface area (Å²) in [7, 11) is -6.99. The lowest BCUT2D eigenvalue weighted by Crippen LogP contribution is -2.38. The Morgan fingerprint density at radius 2 is 1.87 bits per heavy atom. The van der Waals surface area contributed by atoms with Crippen LogP contribution in [0.5, 0.6) is 0 Å². The molecule has 3 rings (SSSR count). The van der Waals surface area contributed by atoms with Crippen LogP contribution in [0, 0.1) is 6.92 Å². The number of hydrogen-bond donors (Lipinski definition) is 1. The average Bonchev–Trinajstić information content (AvgIpc) is 2.66. The molecule has 0 spiro atoms. The van der Waals surface area contributed by atoms with Crippen LogP contribution in [0.2, 0.25) is 0 Å². The van der Waals surface area contributed by atoms with Gasteiger partial charge in [-0.25, -0.2) is 13.4 Å². The second-order valence-corrected chi connectivity index (χ2v) is 10.2. The van der Waals surface area contributed by atoms with Gasteiger partial charge in [-0.3, -0.25) is 9.10 Å². The Morgan fingerprint density at radius 3 is 2.53 bits per heavy atom. The molecule has 1 aliphatic heterocycles. The summed E-state index contributed by atoms with van der Waals surface area (Å²) in [6.07, 6.45) is 0.292. The second kappa shape index (κ2) is 8.07. The van der Waals surface area contributed by atoms with Crippen LogP contribution in [0.4, 0.5) is 5.82 Å². The number of carbonyl (C=O) groups is 1. The lowest BCUT2D eigenvalue weighted by molar-refractivity contribution is -0.113. The van der Waals surface area contributed by atoms with Gasteiger partial charge in [0, 0.05) is 18.3 Å². The number of aryl methyl sites for hydroxylation is 1. The van der Waals surface area contributed by atoms with Crippen LogP contribution in [0.1, 0.15) is 24.6 Å². The van der Waals surface area contributed by atoms with Crippen molar-refractivity contribution in [3.63, 3.8) is 0 Å². The number of rotatable bonds is 6. The zero-order valence-electron chi connectivity index (χ0n) is 16.6. The predicted molar refractivity (Wildman–Crippen MR) is 111 cm³/mol. The zero-order chi connectivity index (χ0) is 22.1. The third-order valence-corrected chi connectivity index (χ3v) is 7.45. The molecule has 9 nitrogen and oxygen atoms in total. The highest BCUT2D eigenvalue weighted by molar-refractivity contribution is 7.89. The lowest BCUT2D eigenvalue weighted by Gasteiger charge is -2.30. The van der Waals surface area contributed by atoms with Crippen molar-refractivity contribution in [2.75, 3.05) is 18.1 Å². The minimum absolute atomic E-state index is 0.00219. The summed E-state index contributed by atoms with van der Waals surface area (Å²) in [6.45, 7) is 3.39. The minimum atomic E-state index is -4.10. The van der Waals surface area contributed by atoms with E-state index < -0.39 is 31.7 Å². The fraction of sp³-hybridized carbons (Fsp3) is 0.263. The van der Waals surface area contributed by atoms with E-state index in [0.29, 0.717) is 12.1 Å². The molecule has 0 fully saturated rings. The third-order valence-electron chi connectivity index (χ3n) is 4.31. The summed E-state index contributed by atoms with van der Waals surface area (Å²) in [5.74, 6) is -1.31. The van der Waals surface area contributed by atoms with E-state index in [9.17, 15) is 21.6 Å². The van der Waals surface area contributed by atoms with Gasteiger partial charge in [0.15, 0.2) is 11.5 Å². The summed E-state index contributed by atoms with van der Waals surface area (Å²) < 4.78 is 56.7. The molecule has 0 saturated heterocycles. The number of nitrogens with zero attached hydrogens (tertiary/aromatic N) is 2. The first-order valence-electron chi connectivity index (χ1n) is 9.06. The van der Waals surface area contributed by atoms with E-state index in [-0.39, 0.29) is 27.8 Å². The number of pyridine rings is 1. The van der Waals surface area contributed by atoms with Crippen molar-refractivity contribution in [2.24, 2.45) is 0 Å². The van der Waals surface area contributed by atoms with Gasteiger partial charge in [0.05, 0.1) is 10.6 Å². The Bertz CT molecular complexity index is 1240. The Morgan fingerprint density at radius 1 is 1.17 bits per heavy atom. The maximum absolute atomic E-state index is 13.1. The Hall–Kier alpha value is -2.92. The van der Waals surface area contributed by atoms with Crippen LogP contribution in [-0.4, -0.2) is 44.8 Å². The number of fused-ring (bicyclic) bond motifs is 1. The fourth-order valence-electron chi connectivity index (χ4n) is 2.95. The largest absolute Gasteiger partial charge is 0.379 e. The van der Waals surface area contributed by atoms with Crippen molar-refractivity contribution < 1.29 is 25.8 Å². The van der Waals surface area contributed by atoms with Gasteiger partial charge in [0.25, 0.3) is 15.9 Å². The molecule has 1 aromatic heterocycles. The molecule has 30 heavy (non-hydrogen) atoms. The van der Waals surface area contributed by atoms with Crippen molar-refractivity contribution in [3.05, 3.63) is 59.4 Å².